The Bertz CT molecular complexity index is 1750. The Kier molecular flexibility index (Phi) is 10.4. The molecule has 10 nitrogen and oxygen atoms in total. The van der Waals surface area contributed by atoms with Crippen molar-refractivity contribution in [3.05, 3.63) is 93.9 Å². The molecule has 3 atom stereocenters. The van der Waals surface area contributed by atoms with Crippen molar-refractivity contribution in [2.24, 2.45) is 0 Å². The lowest BCUT2D eigenvalue weighted by Gasteiger charge is -2.35. The van der Waals surface area contributed by atoms with Crippen LogP contribution in [-0.4, -0.2) is 73.0 Å². The largest absolute Gasteiger partial charge is 0.481 e. The third kappa shape index (κ3) is 7.66. The maximum atomic E-state index is 13.8. The summed E-state index contributed by atoms with van der Waals surface area (Å²) in [7, 11) is 0. The van der Waals surface area contributed by atoms with Crippen LogP contribution in [0, 0.1) is 5.82 Å². The monoisotopic (exact) mass is 652 g/mol. The van der Waals surface area contributed by atoms with Gasteiger partial charge in [-0.1, -0.05) is 48.2 Å². The van der Waals surface area contributed by atoms with Crippen molar-refractivity contribution >= 4 is 46.6 Å². The van der Waals surface area contributed by atoms with Crippen molar-refractivity contribution in [3.8, 4) is 5.75 Å². The van der Waals surface area contributed by atoms with Gasteiger partial charge in [0.05, 0.1) is 17.5 Å². The van der Waals surface area contributed by atoms with E-state index in [1.54, 1.807) is 23.4 Å². The third-order valence-electron chi connectivity index (χ3n) is 7.29. The van der Waals surface area contributed by atoms with E-state index in [4.69, 9.17) is 9.47 Å². The number of aldehydes is 1. The first-order chi connectivity index (χ1) is 21.7. The molecule has 1 saturated heterocycles. The fraction of sp³-hybridized carbons (Fsp3) is 0.344. The summed E-state index contributed by atoms with van der Waals surface area (Å²) in [5, 5.41) is -1.48. The van der Waals surface area contributed by atoms with Crippen LogP contribution >= 0.6 is 23.5 Å². The van der Waals surface area contributed by atoms with E-state index in [1.807, 2.05) is 44.2 Å². The highest BCUT2D eigenvalue weighted by molar-refractivity contribution is 8.15. The number of thioether (sulfide) groups is 2. The lowest BCUT2D eigenvalue weighted by Crippen LogP contribution is -2.49. The maximum Gasteiger partial charge on any atom is 0.302 e. The normalized spacial score (nSPS) is 17.3. The molecule has 0 N–H and O–H groups in total. The van der Waals surface area contributed by atoms with Crippen LogP contribution in [0.2, 0.25) is 0 Å². The summed E-state index contributed by atoms with van der Waals surface area (Å²) in [5.74, 6) is -0.748. The Morgan fingerprint density at radius 3 is 2.56 bits per heavy atom. The summed E-state index contributed by atoms with van der Waals surface area (Å²) in [6, 6.07) is 13.4. The summed E-state index contributed by atoms with van der Waals surface area (Å²) < 4.78 is 28.2. The third-order valence-corrected chi connectivity index (χ3v) is 9.09. The van der Waals surface area contributed by atoms with Crippen molar-refractivity contribution in [3.63, 3.8) is 0 Å². The van der Waals surface area contributed by atoms with Gasteiger partial charge in [-0.15, -0.1) is 11.8 Å². The smallest absolute Gasteiger partial charge is 0.302 e. The van der Waals surface area contributed by atoms with Crippen LogP contribution in [0.1, 0.15) is 35.5 Å². The number of hydrogen-bond acceptors (Lipinski definition) is 9. The van der Waals surface area contributed by atoms with E-state index in [1.165, 1.54) is 39.1 Å². The van der Waals surface area contributed by atoms with E-state index in [9.17, 15) is 23.6 Å². The molecule has 4 aromatic rings. The molecule has 3 unspecified atom stereocenters. The van der Waals surface area contributed by atoms with Gasteiger partial charge in [-0.2, -0.15) is 0 Å². The van der Waals surface area contributed by atoms with Crippen molar-refractivity contribution in [2.75, 3.05) is 19.3 Å². The SMILES string of the molecule is CSc1cc(F)ccc1CC(C=O)SC(=O)c1nc2n(CC(=O)N3CC(C)OC(C)C3)ccn2c(=O)c1OCc1ccccc1. The van der Waals surface area contributed by atoms with Crippen molar-refractivity contribution < 1.29 is 28.2 Å². The summed E-state index contributed by atoms with van der Waals surface area (Å²) >= 11 is 2.05. The number of morpholine rings is 1. The Hall–Kier alpha value is -3.94. The van der Waals surface area contributed by atoms with E-state index in [0.29, 0.717) is 41.6 Å². The van der Waals surface area contributed by atoms with Crippen molar-refractivity contribution in [1.29, 1.82) is 0 Å². The molecular formula is C32H33FN4O6S2. The van der Waals surface area contributed by atoms with Crippen LogP contribution in [0.5, 0.6) is 5.75 Å². The molecule has 0 spiro atoms. The zero-order valence-corrected chi connectivity index (χ0v) is 26.7. The van der Waals surface area contributed by atoms with Gasteiger partial charge in [-0.3, -0.25) is 14.4 Å². The fourth-order valence-electron chi connectivity index (χ4n) is 5.22. The van der Waals surface area contributed by atoms with Crippen LogP contribution in [0.25, 0.3) is 5.78 Å². The zero-order chi connectivity index (χ0) is 32.1. The number of amides is 1. The quantitative estimate of drug-likeness (QED) is 0.173. The molecule has 2 aromatic heterocycles. The highest BCUT2D eigenvalue weighted by Gasteiger charge is 2.29. The van der Waals surface area contributed by atoms with E-state index < -0.39 is 21.7 Å². The number of ether oxygens (including phenoxy) is 2. The van der Waals surface area contributed by atoms with Gasteiger partial charge in [0.25, 0.3) is 0 Å². The highest BCUT2D eigenvalue weighted by atomic mass is 32.2. The average molecular weight is 653 g/mol. The molecule has 1 aliphatic rings. The van der Waals surface area contributed by atoms with Crippen molar-refractivity contribution in [2.45, 2.75) is 55.8 Å². The number of fused-ring (bicyclic) bond motifs is 1. The van der Waals surface area contributed by atoms with Gasteiger partial charge in [0.15, 0.2) is 5.69 Å². The van der Waals surface area contributed by atoms with Crippen LogP contribution in [-0.2, 0) is 33.9 Å². The molecular weight excluding hydrogens is 620 g/mol. The van der Waals surface area contributed by atoms with E-state index in [2.05, 4.69) is 4.98 Å². The van der Waals surface area contributed by atoms with Crippen LogP contribution < -0.4 is 10.3 Å². The summed E-state index contributed by atoms with van der Waals surface area (Å²) in [5.41, 5.74) is 0.616. The number of benzene rings is 2. The van der Waals surface area contributed by atoms with Gasteiger partial charge >= 0.3 is 5.56 Å². The molecule has 0 radical (unpaired) electrons. The van der Waals surface area contributed by atoms with Gasteiger partial charge in [-0.25, -0.2) is 13.8 Å². The summed E-state index contributed by atoms with van der Waals surface area (Å²) in [6.45, 7) is 4.58. The molecule has 45 heavy (non-hydrogen) atoms. The Labute approximate surface area is 267 Å². The molecule has 236 valence electrons. The van der Waals surface area contributed by atoms with Crippen LogP contribution in [0.15, 0.2) is 70.6 Å². The highest BCUT2D eigenvalue weighted by Crippen LogP contribution is 2.28. The molecule has 0 aliphatic carbocycles. The van der Waals surface area contributed by atoms with Gasteiger partial charge < -0.3 is 23.7 Å². The van der Waals surface area contributed by atoms with E-state index in [-0.39, 0.29) is 54.9 Å². The molecule has 2 aromatic carbocycles. The predicted molar refractivity (Wildman–Crippen MR) is 170 cm³/mol. The molecule has 3 heterocycles. The number of nitrogens with zero attached hydrogens (tertiary/aromatic N) is 4. The number of carbonyl (C=O) groups is 3. The number of halogens is 1. The molecule has 5 rings (SSSR count). The lowest BCUT2D eigenvalue weighted by molar-refractivity contribution is -0.143. The number of rotatable bonds is 11. The topological polar surface area (TPSA) is 112 Å². The fourth-order valence-corrected chi connectivity index (χ4v) is 6.71. The first-order valence-corrected chi connectivity index (χ1v) is 16.5. The van der Waals surface area contributed by atoms with Gasteiger partial charge in [0.1, 0.15) is 25.3 Å². The molecule has 1 aliphatic heterocycles. The van der Waals surface area contributed by atoms with Gasteiger partial charge in [0, 0.05) is 30.4 Å². The number of imidazole rings is 1. The second kappa shape index (κ2) is 14.4. The minimum atomic E-state index is -0.838. The zero-order valence-electron chi connectivity index (χ0n) is 25.1. The first-order valence-electron chi connectivity index (χ1n) is 14.4. The van der Waals surface area contributed by atoms with E-state index >= 15 is 0 Å². The number of aromatic nitrogens is 3. The molecule has 1 fully saturated rings. The second-order valence-electron chi connectivity index (χ2n) is 10.8. The second-order valence-corrected chi connectivity index (χ2v) is 12.8. The summed E-state index contributed by atoms with van der Waals surface area (Å²) in [4.78, 5) is 59.8. The molecule has 1 amide bonds. The lowest BCUT2D eigenvalue weighted by atomic mass is 10.1. The standard InChI is InChI=1S/C32H33FN4O6S2/c1-20-15-36(16-21(2)43-20)27(39)17-35-11-12-37-30(40)29(42-19-22-7-5-4-6-8-22)28(34-32(35)37)31(41)45-25(18-38)13-23-9-10-24(33)14-26(23)44-3/h4-12,14,18,20-21,25H,13,15-17,19H2,1-3H3. The predicted octanol–water partition coefficient (Wildman–Crippen LogP) is 4.26. The average Bonchev–Trinajstić information content (AvgIpc) is 3.43. The molecule has 0 saturated carbocycles. The number of hydrogen-bond donors (Lipinski definition) is 0. The first kappa shape index (κ1) is 32.5. The molecule has 13 heteroatoms. The molecule has 0 bridgehead atoms. The van der Waals surface area contributed by atoms with Crippen molar-refractivity contribution in [1.82, 2.24) is 18.9 Å². The minimum Gasteiger partial charge on any atom is -0.481 e. The van der Waals surface area contributed by atoms with Crippen LogP contribution in [0.3, 0.4) is 0 Å². The number of carbonyl (C=O) groups excluding carboxylic acids is 3. The van der Waals surface area contributed by atoms with Gasteiger partial charge in [-0.05, 0) is 49.8 Å². The van der Waals surface area contributed by atoms with E-state index in [0.717, 1.165) is 5.56 Å². The van der Waals surface area contributed by atoms with Gasteiger partial charge in [0.2, 0.25) is 22.5 Å². The Balaban J connectivity index is 1.47. The Morgan fingerprint density at radius 1 is 1.13 bits per heavy atom. The summed E-state index contributed by atoms with van der Waals surface area (Å²) in [6.07, 6.45) is 5.43. The maximum absolute atomic E-state index is 13.8. The van der Waals surface area contributed by atoms with Crippen LogP contribution in [0.4, 0.5) is 4.39 Å². The Morgan fingerprint density at radius 2 is 1.87 bits per heavy atom. The minimum absolute atomic E-state index is 0.00510.